The summed E-state index contributed by atoms with van der Waals surface area (Å²) in [6.07, 6.45) is 0.879. The van der Waals surface area contributed by atoms with Gasteiger partial charge < -0.3 is 20.9 Å². The molecule has 21 heavy (non-hydrogen) atoms. The molecule has 7 heteroatoms. The SMILES string of the molecule is NC(=O)c1c(Br)cccc1NCC1(C(=O)O)CCOCC1. The Labute approximate surface area is 130 Å². The van der Waals surface area contributed by atoms with E-state index in [1.54, 1.807) is 18.2 Å². The van der Waals surface area contributed by atoms with Gasteiger partial charge in [-0.3, -0.25) is 9.59 Å². The molecule has 6 nitrogen and oxygen atoms in total. The number of ether oxygens (including phenoxy) is 1. The molecule has 114 valence electrons. The lowest BCUT2D eigenvalue weighted by atomic mass is 9.80. The van der Waals surface area contributed by atoms with Crippen LogP contribution in [-0.4, -0.2) is 36.7 Å². The molecule has 1 aliphatic rings. The quantitative estimate of drug-likeness (QED) is 0.746. The number of hydrogen-bond donors (Lipinski definition) is 3. The summed E-state index contributed by atoms with van der Waals surface area (Å²) < 4.78 is 5.82. The fourth-order valence-corrected chi connectivity index (χ4v) is 2.98. The van der Waals surface area contributed by atoms with E-state index in [4.69, 9.17) is 10.5 Å². The number of carbonyl (C=O) groups excluding carboxylic acids is 1. The summed E-state index contributed by atoms with van der Waals surface area (Å²) >= 11 is 3.28. The molecule has 0 aromatic heterocycles. The summed E-state index contributed by atoms with van der Waals surface area (Å²) in [5.74, 6) is -1.42. The fourth-order valence-electron chi connectivity index (χ4n) is 2.41. The van der Waals surface area contributed by atoms with Gasteiger partial charge in [0.1, 0.15) is 0 Å². The smallest absolute Gasteiger partial charge is 0.311 e. The zero-order chi connectivity index (χ0) is 15.5. The van der Waals surface area contributed by atoms with Crippen LogP contribution in [0.4, 0.5) is 5.69 Å². The highest BCUT2D eigenvalue weighted by Gasteiger charge is 2.40. The number of nitrogens with two attached hydrogens (primary N) is 1. The number of carboxylic acids is 1. The van der Waals surface area contributed by atoms with E-state index in [-0.39, 0.29) is 6.54 Å². The van der Waals surface area contributed by atoms with Crippen LogP contribution in [0.2, 0.25) is 0 Å². The van der Waals surface area contributed by atoms with Gasteiger partial charge >= 0.3 is 5.97 Å². The van der Waals surface area contributed by atoms with Crippen LogP contribution < -0.4 is 11.1 Å². The molecule has 0 radical (unpaired) electrons. The average molecular weight is 357 g/mol. The van der Waals surface area contributed by atoms with Crippen molar-refractivity contribution in [3.05, 3.63) is 28.2 Å². The molecule has 0 atom stereocenters. The largest absolute Gasteiger partial charge is 0.481 e. The molecule has 0 aliphatic carbocycles. The summed E-state index contributed by atoms with van der Waals surface area (Å²) in [6, 6.07) is 5.18. The van der Waals surface area contributed by atoms with Gasteiger partial charge in [-0.15, -0.1) is 0 Å². The third-order valence-corrected chi connectivity index (χ3v) is 4.44. The molecule has 1 heterocycles. The van der Waals surface area contributed by atoms with Crippen molar-refractivity contribution in [3.8, 4) is 0 Å². The lowest BCUT2D eigenvalue weighted by molar-refractivity contribution is -0.153. The Kier molecular flexibility index (Phi) is 4.84. The number of benzene rings is 1. The highest BCUT2D eigenvalue weighted by atomic mass is 79.9. The van der Waals surface area contributed by atoms with Crippen LogP contribution in [0.5, 0.6) is 0 Å². The molecule has 1 amide bonds. The first-order chi connectivity index (χ1) is 9.96. The van der Waals surface area contributed by atoms with Crippen molar-refractivity contribution in [1.82, 2.24) is 0 Å². The predicted octanol–water partition coefficient (Wildman–Crippen LogP) is 1.84. The van der Waals surface area contributed by atoms with Gasteiger partial charge in [0.2, 0.25) is 0 Å². The number of carboxylic acid groups (broad SMARTS) is 1. The molecular weight excluding hydrogens is 340 g/mol. The van der Waals surface area contributed by atoms with E-state index in [1.807, 2.05) is 0 Å². The van der Waals surface area contributed by atoms with Crippen molar-refractivity contribution < 1.29 is 19.4 Å². The maximum atomic E-state index is 11.6. The van der Waals surface area contributed by atoms with Crippen molar-refractivity contribution in [2.75, 3.05) is 25.1 Å². The second-order valence-corrected chi connectivity index (χ2v) is 5.93. The zero-order valence-electron chi connectivity index (χ0n) is 11.4. The van der Waals surface area contributed by atoms with Crippen LogP contribution in [-0.2, 0) is 9.53 Å². The minimum atomic E-state index is -0.879. The third-order valence-electron chi connectivity index (χ3n) is 3.78. The van der Waals surface area contributed by atoms with Gasteiger partial charge in [-0.05, 0) is 40.9 Å². The number of aliphatic carboxylic acids is 1. The Morgan fingerprint density at radius 3 is 2.62 bits per heavy atom. The number of amides is 1. The molecule has 1 fully saturated rings. The molecule has 0 saturated carbocycles. The van der Waals surface area contributed by atoms with E-state index < -0.39 is 17.3 Å². The molecular formula is C14H17BrN2O4. The number of anilines is 1. The van der Waals surface area contributed by atoms with Gasteiger partial charge in [-0.2, -0.15) is 0 Å². The van der Waals surface area contributed by atoms with Gasteiger partial charge in [0.05, 0.1) is 11.0 Å². The Bertz CT molecular complexity index is 556. The van der Waals surface area contributed by atoms with Gasteiger partial charge in [0.15, 0.2) is 0 Å². The van der Waals surface area contributed by atoms with Gasteiger partial charge in [0, 0.05) is 29.9 Å². The summed E-state index contributed by atoms with van der Waals surface area (Å²) in [5, 5.41) is 12.6. The summed E-state index contributed by atoms with van der Waals surface area (Å²) in [4.78, 5) is 23.1. The minimum absolute atomic E-state index is 0.225. The third kappa shape index (κ3) is 3.36. The molecule has 1 aromatic carbocycles. The Balaban J connectivity index is 2.20. The summed E-state index contributed by atoms with van der Waals surface area (Å²) in [6.45, 7) is 1.08. The van der Waals surface area contributed by atoms with E-state index in [1.165, 1.54) is 0 Å². The minimum Gasteiger partial charge on any atom is -0.481 e. The van der Waals surface area contributed by atoms with Crippen molar-refractivity contribution in [1.29, 1.82) is 0 Å². The molecule has 0 bridgehead atoms. The topological polar surface area (TPSA) is 102 Å². The zero-order valence-corrected chi connectivity index (χ0v) is 13.0. The predicted molar refractivity (Wildman–Crippen MR) is 81.3 cm³/mol. The lowest BCUT2D eigenvalue weighted by Crippen LogP contribution is -2.42. The number of hydrogen-bond acceptors (Lipinski definition) is 4. The average Bonchev–Trinajstić information content (AvgIpc) is 2.45. The highest BCUT2D eigenvalue weighted by Crippen LogP contribution is 2.32. The molecule has 4 N–H and O–H groups in total. The molecule has 1 aromatic rings. The second kappa shape index (κ2) is 6.44. The summed E-state index contributed by atoms with van der Waals surface area (Å²) in [7, 11) is 0. The van der Waals surface area contributed by atoms with E-state index in [9.17, 15) is 14.7 Å². The highest BCUT2D eigenvalue weighted by molar-refractivity contribution is 9.10. The first kappa shape index (κ1) is 15.8. The van der Waals surface area contributed by atoms with Crippen molar-refractivity contribution in [2.45, 2.75) is 12.8 Å². The van der Waals surface area contributed by atoms with E-state index in [0.717, 1.165) is 0 Å². The Morgan fingerprint density at radius 1 is 1.38 bits per heavy atom. The Hall–Kier alpha value is -1.60. The number of nitrogens with one attached hydrogen (secondary N) is 1. The molecule has 0 unspecified atom stereocenters. The fraction of sp³-hybridized carbons (Fsp3) is 0.429. The normalized spacial score (nSPS) is 17.2. The van der Waals surface area contributed by atoms with Crippen LogP contribution >= 0.6 is 15.9 Å². The first-order valence-electron chi connectivity index (χ1n) is 6.60. The van der Waals surface area contributed by atoms with Crippen LogP contribution in [0.1, 0.15) is 23.2 Å². The number of primary amides is 1. The molecule has 1 aliphatic heterocycles. The van der Waals surface area contributed by atoms with Crippen molar-refractivity contribution in [2.24, 2.45) is 11.1 Å². The van der Waals surface area contributed by atoms with Crippen LogP contribution in [0.25, 0.3) is 0 Å². The van der Waals surface area contributed by atoms with E-state index in [2.05, 4.69) is 21.2 Å². The van der Waals surface area contributed by atoms with Crippen LogP contribution in [0.15, 0.2) is 22.7 Å². The summed E-state index contributed by atoms with van der Waals surface area (Å²) in [5.41, 5.74) is 5.35. The molecule has 2 rings (SSSR count). The molecule has 1 saturated heterocycles. The van der Waals surface area contributed by atoms with Crippen LogP contribution in [0, 0.1) is 5.41 Å². The molecule has 0 spiro atoms. The van der Waals surface area contributed by atoms with Gasteiger partial charge in [-0.25, -0.2) is 0 Å². The number of carbonyl (C=O) groups is 2. The number of halogens is 1. The first-order valence-corrected chi connectivity index (χ1v) is 7.39. The standard InChI is InChI=1S/C14H17BrN2O4/c15-9-2-1-3-10(11(9)12(16)18)17-8-14(13(19)20)4-6-21-7-5-14/h1-3,17H,4-8H2,(H2,16,18)(H,19,20). The maximum Gasteiger partial charge on any atom is 0.311 e. The van der Waals surface area contributed by atoms with Crippen molar-refractivity contribution >= 4 is 33.5 Å². The van der Waals surface area contributed by atoms with Gasteiger partial charge in [0.25, 0.3) is 5.91 Å². The second-order valence-electron chi connectivity index (χ2n) is 5.08. The van der Waals surface area contributed by atoms with Crippen LogP contribution in [0.3, 0.4) is 0 Å². The monoisotopic (exact) mass is 356 g/mol. The van der Waals surface area contributed by atoms with Crippen molar-refractivity contribution in [3.63, 3.8) is 0 Å². The van der Waals surface area contributed by atoms with Gasteiger partial charge in [-0.1, -0.05) is 6.07 Å². The van der Waals surface area contributed by atoms with E-state index >= 15 is 0 Å². The maximum absolute atomic E-state index is 11.6. The lowest BCUT2D eigenvalue weighted by Gasteiger charge is -2.33. The Morgan fingerprint density at radius 2 is 2.05 bits per heavy atom. The number of rotatable bonds is 5. The van der Waals surface area contributed by atoms with E-state index in [0.29, 0.717) is 41.8 Å².